The van der Waals surface area contributed by atoms with E-state index in [9.17, 15) is 15.3 Å². The van der Waals surface area contributed by atoms with E-state index in [1.54, 1.807) is 12.1 Å². The van der Waals surface area contributed by atoms with Crippen LogP contribution in [0.15, 0.2) is 42.6 Å². The zero-order valence-corrected chi connectivity index (χ0v) is 15.9. The van der Waals surface area contributed by atoms with E-state index >= 15 is 0 Å². The Labute approximate surface area is 164 Å². The van der Waals surface area contributed by atoms with Crippen molar-refractivity contribution < 1.29 is 15.3 Å². The van der Waals surface area contributed by atoms with Crippen LogP contribution in [0.2, 0.25) is 5.02 Å². The minimum atomic E-state index is -0.691. The highest BCUT2D eigenvalue weighted by Gasteiger charge is 2.48. The Morgan fingerprint density at radius 1 is 1.15 bits per heavy atom. The fraction of sp³-hybridized carbons (Fsp3) is 0.476. The van der Waals surface area contributed by atoms with E-state index in [4.69, 9.17) is 11.6 Å². The average molecular weight is 389 g/mol. The first kappa shape index (κ1) is 18.7. The van der Waals surface area contributed by atoms with E-state index in [0.29, 0.717) is 35.5 Å². The number of aromatic hydroxyl groups is 1. The van der Waals surface area contributed by atoms with Crippen molar-refractivity contribution in [2.75, 3.05) is 19.6 Å². The second-order valence-corrected chi connectivity index (χ2v) is 8.50. The highest BCUT2D eigenvalue weighted by Crippen LogP contribution is 2.46. The van der Waals surface area contributed by atoms with Crippen molar-refractivity contribution in [3.05, 3.63) is 58.9 Å². The summed E-state index contributed by atoms with van der Waals surface area (Å²) in [5.74, 6) is 0.981. The molecule has 1 aromatic heterocycles. The molecule has 4 atom stereocenters. The predicted molar refractivity (Wildman–Crippen MR) is 104 cm³/mol. The van der Waals surface area contributed by atoms with Crippen LogP contribution in [0.1, 0.15) is 30.2 Å². The van der Waals surface area contributed by atoms with E-state index in [1.165, 1.54) is 6.20 Å². The van der Waals surface area contributed by atoms with Crippen LogP contribution in [0.5, 0.6) is 5.75 Å². The zero-order chi connectivity index (χ0) is 19.0. The lowest BCUT2D eigenvalue weighted by atomic mass is 9.91. The van der Waals surface area contributed by atoms with Gasteiger partial charge in [0, 0.05) is 31.1 Å². The molecule has 3 N–H and O–H groups in total. The number of hydrogen-bond acceptors (Lipinski definition) is 5. The molecule has 1 saturated carbocycles. The van der Waals surface area contributed by atoms with Gasteiger partial charge in [-0.25, -0.2) is 0 Å². The van der Waals surface area contributed by atoms with E-state index in [0.717, 1.165) is 31.5 Å². The van der Waals surface area contributed by atoms with Crippen molar-refractivity contribution in [3.63, 3.8) is 0 Å². The minimum absolute atomic E-state index is 0.0967. The van der Waals surface area contributed by atoms with E-state index in [-0.39, 0.29) is 5.75 Å². The molecule has 0 bridgehead atoms. The molecular formula is C21H25ClN2O3. The lowest BCUT2D eigenvalue weighted by molar-refractivity contribution is 0.0327. The maximum atomic E-state index is 11.1. The first-order valence-corrected chi connectivity index (χ1v) is 9.81. The fourth-order valence-electron chi connectivity index (χ4n) is 4.78. The Hall–Kier alpha value is -1.66. The SMILES string of the molecule is Oc1ccc(C(O)CN2CC3CC(O)(Cc4ccccc4Cl)C[C@@H]3C2)nc1. The quantitative estimate of drug-likeness (QED) is 0.734. The summed E-state index contributed by atoms with van der Waals surface area (Å²) in [5.41, 5.74) is 0.885. The van der Waals surface area contributed by atoms with Crippen molar-refractivity contribution in [3.8, 4) is 5.75 Å². The Bertz CT molecular complexity index is 784. The molecule has 27 heavy (non-hydrogen) atoms. The Kier molecular flexibility index (Phi) is 5.12. The number of fused-ring (bicyclic) bond motifs is 1. The van der Waals surface area contributed by atoms with Crippen molar-refractivity contribution in [1.29, 1.82) is 0 Å². The number of rotatable bonds is 5. The molecule has 0 radical (unpaired) electrons. The molecule has 0 spiro atoms. The van der Waals surface area contributed by atoms with Gasteiger partial charge in [-0.15, -0.1) is 0 Å². The molecule has 1 aliphatic carbocycles. The van der Waals surface area contributed by atoms with Crippen LogP contribution in [0.3, 0.4) is 0 Å². The molecule has 2 heterocycles. The van der Waals surface area contributed by atoms with Gasteiger partial charge in [0.1, 0.15) is 11.9 Å². The summed E-state index contributed by atoms with van der Waals surface area (Å²) in [6.45, 7) is 2.28. The van der Waals surface area contributed by atoms with Gasteiger partial charge in [0.15, 0.2) is 0 Å². The number of aromatic nitrogens is 1. The third-order valence-electron chi connectivity index (χ3n) is 5.96. The number of β-amino-alcohol motifs (C(OH)–C–C–N with tert-alkyl or cyclic N) is 1. The van der Waals surface area contributed by atoms with Crippen LogP contribution >= 0.6 is 11.6 Å². The molecule has 1 saturated heterocycles. The number of pyridine rings is 1. The number of nitrogens with zero attached hydrogens (tertiary/aromatic N) is 2. The van der Waals surface area contributed by atoms with Gasteiger partial charge in [-0.2, -0.15) is 0 Å². The van der Waals surface area contributed by atoms with Crippen molar-refractivity contribution in [1.82, 2.24) is 9.88 Å². The minimum Gasteiger partial charge on any atom is -0.506 e. The molecule has 0 amide bonds. The van der Waals surface area contributed by atoms with Crippen LogP contribution in [0.4, 0.5) is 0 Å². The maximum absolute atomic E-state index is 11.1. The number of halogens is 1. The molecule has 1 aromatic carbocycles. The van der Waals surface area contributed by atoms with Crippen LogP contribution in [-0.2, 0) is 6.42 Å². The van der Waals surface area contributed by atoms with Crippen molar-refractivity contribution >= 4 is 11.6 Å². The van der Waals surface area contributed by atoms with E-state index in [2.05, 4.69) is 9.88 Å². The van der Waals surface area contributed by atoms with E-state index in [1.807, 2.05) is 24.3 Å². The molecule has 2 aromatic rings. The van der Waals surface area contributed by atoms with Gasteiger partial charge in [0.2, 0.25) is 0 Å². The normalized spacial score (nSPS) is 29.0. The summed E-state index contributed by atoms with van der Waals surface area (Å²) in [6, 6.07) is 10.9. The lowest BCUT2D eigenvalue weighted by Crippen LogP contribution is -2.33. The van der Waals surface area contributed by atoms with Crippen molar-refractivity contribution in [2.45, 2.75) is 31.0 Å². The Balaban J connectivity index is 1.34. The molecule has 5 nitrogen and oxygen atoms in total. The van der Waals surface area contributed by atoms with Gasteiger partial charge in [0.05, 0.1) is 17.5 Å². The monoisotopic (exact) mass is 388 g/mol. The first-order valence-electron chi connectivity index (χ1n) is 9.43. The van der Waals surface area contributed by atoms with Gasteiger partial charge in [0.25, 0.3) is 0 Å². The van der Waals surface area contributed by atoms with Crippen LogP contribution in [0.25, 0.3) is 0 Å². The standard InChI is InChI=1S/C21H25ClN2O3/c22-18-4-2-1-3-14(18)7-21(27)8-15-11-24(12-16(15)9-21)13-20(26)19-6-5-17(25)10-23-19/h1-6,10,15-16,20,25-27H,7-9,11-13H2/t15-,16?,20?,21?/m1/s1. The lowest BCUT2D eigenvalue weighted by Gasteiger charge is -2.27. The molecule has 1 aliphatic heterocycles. The maximum Gasteiger partial charge on any atom is 0.133 e. The number of hydrogen-bond donors (Lipinski definition) is 3. The first-order chi connectivity index (χ1) is 12.9. The number of likely N-dealkylation sites (tertiary alicyclic amines) is 1. The zero-order valence-electron chi connectivity index (χ0n) is 15.1. The summed E-state index contributed by atoms with van der Waals surface area (Å²) < 4.78 is 0. The summed E-state index contributed by atoms with van der Waals surface area (Å²) in [5, 5.41) is 31.5. The van der Waals surface area contributed by atoms with Crippen LogP contribution in [0, 0.1) is 11.8 Å². The number of aliphatic hydroxyl groups is 2. The van der Waals surface area contributed by atoms with Gasteiger partial charge < -0.3 is 15.3 Å². The Morgan fingerprint density at radius 2 is 1.85 bits per heavy atom. The average Bonchev–Trinajstić information content (AvgIpc) is 3.11. The van der Waals surface area contributed by atoms with Gasteiger partial charge in [-0.3, -0.25) is 9.88 Å². The molecule has 3 unspecified atom stereocenters. The van der Waals surface area contributed by atoms with Crippen LogP contribution in [-0.4, -0.2) is 50.4 Å². The fourth-order valence-corrected chi connectivity index (χ4v) is 4.98. The Morgan fingerprint density at radius 3 is 2.48 bits per heavy atom. The summed E-state index contributed by atoms with van der Waals surface area (Å²) in [4.78, 5) is 6.35. The van der Waals surface area contributed by atoms with Gasteiger partial charge in [-0.1, -0.05) is 29.8 Å². The predicted octanol–water partition coefficient (Wildman–Crippen LogP) is 2.79. The topological polar surface area (TPSA) is 76.8 Å². The second-order valence-electron chi connectivity index (χ2n) is 8.10. The number of aliphatic hydroxyl groups excluding tert-OH is 1. The third-order valence-corrected chi connectivity index (χ3v) is 6.33. The molecule has 144 valence electrons. The van der Waals surface area contributed by atoms with Gasteiger partial charge in [-0.05, 0) is 48.4 Å². The van der Waals surface area contributed by atoms with Crippen molar-refractivity contribution in [2.24, 2.45) is 11.8 Å². The molecular weight excluding hydrogens is 364 g/mol. The summed E-state index contributed by atoms with van der Waals surface area (Å²) in [6.07, 6.45) is 2.82. The van der Waals surface area contributed by atoms with Gasteiger partial charge >= 0.3 is 0 Å². The highest BCUT2D eigenvalue weighted by molar-refractivity contribution is 6.31. The molecule has 2 fully saturated rings. The molecule has 6 heteroatoms. The summed E-state index contributed by atoms with van der Waals surface area (Å²) in [7, 11) is 0. The molecule has 4 rings (SSSR count). The largest absolute Gasteiger partial charge is 0.506 e. The van der Waals surface area contributed by atoms with E-state index < -0.39 is 11.7 Å². The smallest absolute Gasteiger partial charge is 0.133 e. The van der Waals surface area contributed by atoms with Crippen LogP contribution < -0.4 is 0 Å². The third kappa shape index (κ3) is 4.11. The molecule has 2 aliphatic rings. The number of benzene rings is 1. The second kappa shape index (κ2) is 7.40. The highest BCUT2D eigenvalue weighted by atomic mass is 35.5. The summed E-state index contributed by atoms with van der Waals surface area (Å²) >= 11 is 6.27.